The van der Waals surface area contributed by atoms with E-state index in [0.717, 1.165) is 22.3 Å². The van der Waals surface area contributed by atoms with Crippen molar-refractivity contribution in [3.8, 4) is 11.5 Å². The van der Waals surface area contributed by atoms with Gasteiger partial charge in [-0.1, -0.05) is 17.7 Å². The van der Waals surface area contributed by atoms with Gasteiger partial charge in [0, 0.05) is 53.3 Å². The van der Waals surface area contributed by atoms with Crippen LogP contribution in [-0.4, -0.2) is 55.5 Å². The maximum Gasteiger partial charge on any atom is 0.186 e. The van der Waals surface area contributed by atoms with Crippen LogP contribution in [0.2, 0.25) is 0 Å². The number of benzene rings is 3. The number of carbonyl (C=O) groups is 2. The number of aromatic nitrogens is 2. The molecule has 0 atom stereocenters. The SMILES string of the molecule is CCN(c1ccc(C)cc1)c1ccc(Nc2ncnc3cc(OCCOC)c(OC)cc23)cc1C1=CC(=O)C=CC1=O. The molecular weight excluding hydrogens is 532 g/mol. The van der Waals surface area contributed by atoms with E-state index >= 15 is 0 Å². The Morgan fingerprint density at radius 1 is 0.905 bits per heavy atom. The van der Waals surface area contributed by atoms with E-state index in [2.05, 4.69) is 20.2 Å². The number of methoxy groups -OCH3 is 2. The van der Waals surface area contributed by atoms with Crippen LogP contribution in [0.5, 0.6) is 11.5 Å². The first-order valence-corrected chi connectivity index (χ1v) is 13.6. The van der Waals surface area contributed by atoms with Crippen molar-refractivity contribution in [3.63, 3.8) is 0 Å². The molecule has 4 aromatic rings. The number of rotatable bonds is 11. The van der Waals surface area contributed by atoms with Crippen LogP contribution in [0.4, 0.5) is 22.9 Å². The van der Waals surface area contributed by atoms with Crippen molar-refractivity contribution in [2.75, 3.05) is 44.2 Å². The van der Waals surface area contributed by atoms with Crippen LogP contribution >= 0.6 is 0 Å². The minimum absolute atomic E-state index is 0.230. The molecule has 0 radical (unpaired) electrons. The summed E-state index contributed by atoms with van der Waals surface area (Å²) in [5.74, 6) is 1.17. The van der Waals surface area contributed by atoms with Gasteiger partial charge in [-0.3, -0.25) is 9.59 Å². The molecule has 0 amide bonds. The third-order valence-electron chi connectivity index (χ3n) is 6.92. The van der Waals surface area contributed by atoms with Gasteiger partial charge >= 0.3 is 0 Å². The minimum Gasteiger partial charge on any atom is -0.493 e. The van der Waals surface area contributed by atoms with Gasteiger partial charge < -0.3 is 24.4 Å². The number of ether oxygens (including phenoxy) is 3. The molecule has 1 aliphatic carbocycles. The maximum absolute atomic E-state index is 13.0. The van der Waals surface area contributed by atoms with E-state index in [1.807, 2.05) is 62.4 Å². The Kier molecular flexibility index (Phi) is 8.59. The average molecular weight is 565 g/mol. The molecule has 214 valence electrons. The van der Waals surface area contributed by atoms with E-state index < -0.39 is 0 Å². The quantitative estimate of drug-likeness (QED) is 0.174. The third-order valence-corrected chi connectivity index (χ3v) is 6.92. The number of nitrogens with one attached hydrogen (secondary N) is 1. The van der Waals surface area contributed by atoms with Crippen LogP contribution in [-0.2, 0) is 14.3 Å². The number of aryl methyl sites for hydroxylation is 1. The molecule has 0 saturated carbocycles. The van der Waals surface area contributed by atoms with Crippen LogP contribution in [0.15, 0.2) is 79.2 Å². The van der Waals surface area contributed by atoms with Gasteiger partial charge in [0.1, 0.15) is 18.8 Å². The lowest BCUT2D eigenvalue weighted by molar-refractivity contribution is -0.113. The molecule has 1 aliphatic rings. The number of hydrogen-bond donors (Lipinski definition) is 1. The molecule has 1 aromatic heterocycles. The molecule has 0 saturated heterocycles. The number of allylic oxidation sites excluding steroid dienone is 4. The summed E-state index contributed by atoms with van der Waals surface area (Å²) in [6.07, 6.45) is 5.47. The summed E-state index contributed by atoms with van der Waals surface area (Å²) in [6.45, 7) is 5.55. The van der Waals surface area contributed by atoms with E-state index in [1.54, 1.807) is 20.3 Å². The molecule has 0 spiro atoms. The number of carbonyl (C=O) groups excluding carboxylic acids is 2. The first kappa shape index (κ1) is 28.5. The molecule has 0 aliphatic heterocycles. The summed E-state index contributed by atoms with van der Waals surface area (Å²) >= 11 is 0. The maximum atomic E-state index is 13.0. The second-order valence-electron chi connectivity index (χ2n) is 9.68. The highest BCUT2D eigenvalue weighted by molar-refractivity contribution is 6.34. The largest absolute Gasteiger partial charge is 0.493 e. The Bertz CT molecular complexity index is 1700. The predicted octanol–water partition coefficient (Wildman–Crippen LogP) is 5.97. The Balaban J connectivity index is 1.57. The Morgan fingerprint density at radius 3 is 2.45 bits per heavy atom. The summed E-state index contributed by atoms with van der Waals surface area (Å²) in [4.78, 5) is 36.4. The fourth-order valence-corrected chi connectivity index (χ4v) is 4.81. The molecule has 9 nitrogen and oxygen atoms in total. The molecule has 0 unspecified atom stereocenters. The fourth-order valence-electron chi connectivity index (χ4n) is 4.81. The lowest BCUT2D eigenvalue weighted by atomic mass is 9.93. The van der Waals surface area contributed by atoms with E-state index in [4.69, 9.17) is 14.2 Å². The Labute approximate surface area is 244 Å². The van der Waals surface area contributed by atoms with Crippen LogP contribution in [0.25, 0.3) is 16.5 Å². The topological polar surface area (TPSA) is 103 Å². The number of nitrogens with zero attached hydrogens (tertiary/aromatic N) is 3. The Morgan fingerprint density at radius 2 is 1.71 bits per heavy atom. The van der Waals surface area contributed by atoms with Gasteiger partial charge in [-0.25, -0.2) is 9.97 Å². The molecule has 1 N–H and O–H groups in total. The number of ketones is 2. The molecule has 3 aromatic carbocycles. The zero-order valence-corrected chi connectivity index (χ0v) is 24.0. The molecule has 1 heterocycles. The standard InChI is InChI=1S/C33H32N4O5/c1-5-37(23-9-6-21(2)7-10-23)29-12-8-22(16-25(29)26-17-24(38)11-13-30(26)39)36-33-27-18-31(41-4)32(42-15-14-40-3)19-28(27)34-20-35-33/h6-13,16-20H,5,14-15H2,1-4H3,(H,34,35,36). The van der Waals surface area contributed by atoms with E-state index in [1.165, 1.54) is 24.6 Å². The van der Waals surface area contributed by atoms with Crippen LogP contribution < -0.4 is 19.7 Å². The zero-order valence-electron chi connectivity index (χ0n) is 24.0. The lowest BCUT2D eigenvalue weighted by Gasteiger charge is -2.27. The van der Waals surface area contributed by atoms with Gasteiger partial charge in [0.05, 0.1) is 19.2 Å². The molecule has 0 bridgehead atoms. The minimum atomic E-state index is -0.232. The second kappa shape index (κ2) is 12.7. The van der Waals surface area contributed by atoms with Crippen molar-refractivity contribution in [1.29, 1.82) is 0 Å². The molecular formula is C33H32N4O5. The molecule has 0 fully saturated rings. The molecule has 9 heteroatoms. The number of hydrogen-bond acceptors (Lipinski definition) is 9. The molecule has 42 heavy (non-hydrogen) atoms. The number of fused-ring (bicyclic) bond motifs is 1. The van der Waals surface area contributed by atoms with E-state index in [0.29, 0.717) is 59.4 Å². The first-order valence-electron chi connectivity index (χ1n) is 13.6. The summed E-state index contributed by atoms with van der Waals surface area (Å²) in [5.41, 5.74) is 5.25. The van der Waals surface area contributed by atoms with Crippen molar-refractivity contribution in [1.82, 2.24) is 9.97 Å². The van der Waals surface area contributed by atoms with E-state index in [-0.39, 0.29) is 11.6 Å². The van der Waals surface area contributed by atoms with Crippen molar-refractivity contribution in [2.45, 2.75) is 13.8 Å². The van der Waals surface area contributed by atoms with Gasteiger partial charge in [0.2, 0.25) is 0 Å². The highest BCUT2D eigenvalue weighted by atomic mass is 16.5. The smallest absolute Gasteiger partial charge is 0.186 e. The van der Waals surface area contributed by atoms with Gasteiger partial charge in [-0.05, 0) is 68.5 Å². The van der Waals surface area contributed by atoms with Crippen molar-refractivity contribution in [3.05, 3.63) is 90.3 Å². The first-order chi connectivity index (χ1) is 20.4. The second-order valence-corrected chi connectivity index (χ2v) is 9.68. The summed E-state index contributed by atoms with van der Waals surface area (Å²) in [7, 11) is 3.19. The highest BCUT2D eigenvalue weighted by Crippen LogP contribution is 2.38. The number of anilines is 4. The third kappa shape index (κ3) is 6.01. The van der Waals surface area contributed by atoms with Crippen molar-refractivity contribution < 1.29 is 23.8 Å². The summed E-state index contributed by atoms with van der Waals surface area (Å²) in [6, 6.07) is 17.6. The van der Waals surface area contributed by atoms with Gasteiger partial charge in [0.15, 0.2) is 23.1 Å². The van der Waals surface area contributed by atoms with Crippen molar-refractivity contribution >= 4 is 50.9 Å². The zero-order chi connectivity index (χ0) is 29.6. The van der Waals surface area contributed by atoms with Crippen LogP contribution in [0.1, 0.15) is 18.1 Å². The monoisotopic (exact) mass is 564 g/mol. The molecule has 5 rings (SSSR count). The van der Waals surface area contributed by atoms with Gasteiger partial charge in [0.25, 0.3) is 0 Å². The summed E-state index contributed by atoms with van der Waals surface area (Å²) in [5, 5.41) is 4.10. The van der Waals surface area contributed by atoms with Crippen LogP contribution in [0, 0.1) is 6.92 Å². The predicted molar refractivity (Wildman–Crippen MR) is 164 cm³/mol. The van der Waals surface area contributed by atoms with E-state index in [9.17, 15) is 9.59 Å². The summed E-state index contributed by atoms with van der Waals surface area (Å²) < 4.78 is 16.5. The highest BCUT2D eigenvalue weighted by Gasteiger charge is 2.22. The van der Waals surface area contributed by atoms with Gasteiger partial charge in [-0.2, -0.15) is 0 Å². The fraction of sp³-hybridized carbons (Fsp3) is 0.212. The van der Waals surface area contributed by atoms with Gasteiger partial charge in [-0.15, -0.1) is 0 Å². The lowest BCUT2D eigenvalue weighted by Crippen LogP contribution is -2.19. The average Bonchev–Trinajstić information content (AvgIpc) is 3.00. The van der Waals surface area contributed by atoms with Crippen molar-refractivity contribution in [2.24, 2.45) is 0 Å². The normalized spacial score (nSPS) is 12.8. The Hall–Kier alpha value is -5.02. The van der Waals surface area contributed by atoms with Crippen LogP contribution in [0.3, 0.4) is 0 Å².